The third-order valence-corrected chi connectivity index (χ3v) is 11.8. The van der Waals surface area contributed by atoms with Crippen molar-refractivity contribution in [1.82, 2.24) is 0 Å². The fourth-order valence-corrected chi connectivity index (χ4v) is 9.39. The lowest BCUT2D eigenvalue weighted by atomic mass is 10.0. The maximum Gasteiger partial charge on any atom is 0.338 e. The molecule has 0 spiro atoms. The van der Waals surface area contributed by atoms with E-state index in [4.69, 9.17) is 20.5 Å². The Bertz CT molecular complexity index is 601. The number of halogens is 1. The lowest BCUT2D eigenvalue weighted by molar-refractivity contribution is 0.179. The standard InChI is InChI=1S/C32H59ClO2Si/c1-5-8-9-10-11-12-13-14-15-16-17-18-19-20-21-22-27-36(34-6-2,35-7-3)29-30(4)32-25-23-31(28-33)24-26-32/h23-26,30H,5-22,27-29H2,1-4H3. The molecule has 0 saturated heterocycles. The topological polar surface area (TPSA) is 18.5 Å². The Hall–Kier alpha value is -0.353. The van der Waals surface area contributed by atoms with Crippen LogP contribution in [0.2, 0.25) is 12.1 Å². The lowest BCUT2D eigenvalue weighted by Gasteiger charge is -2.32. The van der Waals surface area contributed by atoms with Gasteiger partial charge in [0.05, 0.1) is 0 Å². The van der Waals surface area contributed by atoms with Crippen LogP contribution in [0.3, 0.4) is 0 Å². The Morgan fingerprint density at radius 3 is 1.44 bits per heavy atom. The number of hydrogen-bond acceptors (Lipinski definition) is 2. The van der Waals surface area contributed by atoms with E-state index in [0.717, 1.165) is 25.3 Å². The third-order valence-electron chi connectivity index (χ3n) is 7.55. The van der Waals surface area contributed by atoms with Crippen molar-refractivity contribution in [1.29, 1.82) is 0 Å². The Kier molecular flexibility index (Phi) is 21.2. The summed E-state index contributed by atoms with van der Waals surface area (Å²) in [6.07, 6.45) is 22.5. The van der Waals surface area contributed by atoms with E-state index in [1.54, 1.807) is 0 Å². The van der Waals surface area contributed by atoms with Gasteiger partial charge in [-0.3, -0.25) is 0 Å². The summed E-state index contributed by atoms with van der Waals surface area (Å²) in [4.78, 5) is 0. The minimum absolute atomic E-state index is 0.445. The van der Waals surface area contributed by atoms with Gasteiger partial charge < -0.3 is 8.85 Å². The molecule has 0 fully saturated rings. The molecule has 0 aliphatic carbocycles. The van der Waals surface area contributed by atoms with Gasteiger partial charge in [-0.25, -0.2) is 0 Å². The van der Waals surface area contributed by atoms with Crippen molar-refractivity contribution in [3.8, 4) is 0 Å². The summed E-state index contributed by atoms with van der Waals surface area (Å²) in [5, 5.41) is 0. The van der Waals surface area contributed by atoms with Gasteiger partial charge in [0.2, 0.25) is 0 Å². The van der Waals surface area contributed by atoms with Gasteiger partial charge in [-0.15, -0.1) is 11.6 Å². The number of hydrogen-bond donors (Lipinski definition) is 0. The predicted molar refractivity (Wildman–Crippen MR) is 163 cm³/mol. The van der Waals surface area contributed by atoms with Gasteiger partial charge in [0.1, 0.15) is 0 Å². The highest BCUT2D eigenvalue weighted by molar-refractivity contribution is 6.67. The number of unbranched alkanes of at least 4 members (excludes halogenated alkanes) is 15. The molecule has 0 bridgehead atoms. The Morgan fingerprint density at radius 2 is 1.06 bits per heavy atom. The molecule has 0 aliphatic rings. The molecule has 1 aromatic rings. The minimum Gasteiger partial charge on any atom is -0.394 e. The van der Waals surface area contributed by atoms with E-state index in [0.29, 0.717) is 11.8 Å². The van der Waals surface area contributed by atoms with Gasteiger partial charge in [-0.1, -0.05) is 141 Å². The first kappa shape index (κ1) is 33.7. The van der Waals surface area contributed by atoms with Crippen molar-refractivity contribution >= 4 is 20.2 Å². The molecular formula is C32H59ClO2Si. The lowest BCUT2D eigenvalue weighted by Crippen LogP contribution is -2.43. The van der Waals surface area contributed by atoms with Crippen LogP contribution in [0.15, 0.2) is 24.3 Å². The van der Waals surface area contributed by atoms with Crippen LogP contribution in [0.5, 0.6) is 0 Å². The monoisotopic (exact) mass is 538 g/mol. The molecule has 210 valence electrons. The largest absolute Gasteiger partial charge is 0.394 e. The van der Waals surface area contributed by atoms with E-state index in [1.807, 2.05) is 0 Å². The Morgan fingerprint density at radius 1 is 0.639 bits per heavy atom. The van der Waals surface area contributed by atoms with Gasteiger partial charge >= 0.3 is 8.56 Å². The molecule has 4 heteroatoms. The normalized spacial score (nSPS) is 12.8. The second-order valence-corrected chi connectivity index (χ2v) is 14.4. The van der Waals surface area contributed by atoms with Crippen LogP contribution < -0.4 is 0 Å². The molecule has 0 aromatic heterocycles. The van der Waals surface area contributed by atoms with E-state index in [9.17, 15) is 0 Å². The first-order valence-corrected chi connectivity index (χ1v) is 18.3. The maximum absolute atomic E-state index is 6.43. The summed E-state index contributed by atoms with van der Waals surface area (Å²) in [6.45, 7) is 10.4. The molecule has 0 radical (unpaired) electrons. The molecule has 1 aromatic carbocycles. The first-order valence-electron chi connectivity index (χ1n) is 15.5. The number of benzene rings is 1. The molecule has 36 heavy (non-hydrogen) atoms. The second-order valence-electron chi connectivity index (χ2n) is 10.8. The van der Waals surface area contributed by atoms with Crippen molar-refractivity contribution < 1.29 is 8.85 Å². The van der Waals surface area contributed by atoms with E-state index in [2.05, 4.69) is 52.0 Å². The highest BCUT2D eigenvalue weighted by Gasteiger charge is 2.38. The van der Waals surface area contributed by atoms with Crippen LogP contribution in [0, 0.1) is 0 Å². The summed E-state index contributed by atoms with van der Waals surface area (Å²) in [6, 6.07) is 10.9. The van der Waals surface area contributed by atoms with Gasteiger partial charge in [0.15, 0.2) is 0 Å². The van der Waals surface area contributed by atoms with Crippen molar-refractivity contribution in [2.45, 2.75) is 154 Å². The SMILES string of the molecule is CCCCCCCCCCCCCCCCCC[Si](CC(C)c1ccc(CCl)cc1)(OCC)OCC. The van der Waals surface area contributed by atoms with Crippen LogP contribution in [0.4, 0.5) is 0 Å². The molecule has 1 atom stereocenters. The maximum atomic E-state index is 6.43. The molecule has 0 N–H and O–H groups in total. The smallest absolute Gasteiger partial charge is 0.338 e. The van der Waals surface area contributed by atoms with Crippen molar-refractivity contribution in [3.05, 3.63) is 35.4 Å². The zero-order valence-electron chi connectivity index (χ0n) is 24.4. The van der Waals surface area contributed by atoms with Gasteiger partial charge in [0, 0.05) is 19.1 Å². The molecule has 0 aliphatic heterocycles. The zero-order valence-corrected chi connectivity index (χ0v) is 26.2. The van der Waals surface area contributed by atoms with Crippen LogP contribution in [0.1, 0.15) is 147 Å². The highest BCUT2D eigenvalue weighted by Crippen LogP contribution is 2.32. The average molecular weight is 539 g/mol. The van der Waals surface area contributed by atoms with Gasteiger partial charge in [0.25, 0.3) is 0 Å². The summed E-state index contributed by atoms with van der Waals surface area (Å²) in [5.41, 5.74) is 2.55. The molecule has 0 heterocycles. The van der Waals surface area contributed by atoms with Crippen molar-refractivity contribution in [2.24, 2.45) is 0 Å². The summed E-state index contributed by atoms with van der Waals surface area (Å²) < 4.78 is 12.9. The molecular weight excluding hydrogens is 480 g/mol. The average Bonchev–Trinajstić information content (AvgIpc) is 2.88. The minimum atomic E-state index is -2.20. The van der Waals surface area contributed by atoms with Crippen molar-refractivity contribution in [3.63, 3.8) is 0 Å². The summed E-state index contributed by atoms with van der Waals surface area (Å²) in [5.74, 6) is 1.02. The fraction of sp³-hybridized carbons (Fsp3) is 0.812. The van der Waals surface area contributed by atoms with Crippen LogP contribution in [-0.4, -0.2) is 21.8 Å². The second kappa shape index (κ2) is 22.6. The third kappa shape index (κ3) is 15.8. The predicted octanol–water partition coefficient (Wildman–Crippen LogP) is 11.3. The van der Waals surface area contributed by atoms with Crippen LogP contribution >= 0.6 is 11.6 Å². The first-order chi connectivity index (χ1) is 17.6. The Labute approximate surface area is 231 Å². The molecule has 0 amide bonds. The van der Waals surface area contributed by atoms with Crippen LogP contribution in [0.25, 0.3) is 0 Å². The highest BCUT2D eigenvalue weighted by atomic mass is 35.5. The Balaban J connectivity index is 2.21. The zero-order chi connectivity index (χ0) is 26.3. The van der Waals surface area contributed by atoms with Crippen LogP contribution in [-0.2, 0) is 14.7 Å². The van der Waals surface area contributed by atoms with E-state index >= 15 is 0 Å². The molecule has 1 rings (SSSR count). The molecule has 1 unspecified atom stereocenters. The van der Waals surface area contributed by atoms with Crippen molar-refractivity contribution in [2.75, 3.05) is 13.2 Å². The summed E-state index contributed by atoms with van der Waals surface area (Å²) in [7, 11) is -2.20. The van der Waals surface area contributed by atoms with E-state index in [-0.39, 0.29) is 0 Å². The molecule has 2 nitrogen and oxygen atoms in total. The van der Waals surface area contributed by atoms with Gasteiger partial charge in [-0.05, 0) is 43.0 Å². The number of rotatable bonds is 25. The fourth-order valence-electron chi connectivity index (χ4n) is 5.39. The number of alkyl halides is 1. The molecule has 0 saturated carbocycles. The summed E-state index contributed by atoms with van der Waals surface area (Å²) >= 11 is 5.97. The van der Waals surface area contributed by atoms with Gasteiger partial charge in [-0.2, -0.15) is 0 Å². The van der Waals surface area contributed by atoms with E-state index < -0.39 is 8.56 Å². The quantitative estimate of drug-likeness (QED) is 0.0699. The van der Waals surface area contributed by atoms with E-state index in [1.165, 1.54) is 114 Å².